The summed E-state index contributed by atoms with van der Waals surface area (Å²) in [5.41, 5.74) is 0.837. The average Bonchev–Trinajstić information content (AvgIpc) is 2.64. The first-order valence-electron chi connectivity index (χ1n) is 8.68. The van der Waals surface area contributed by atoms with Crippen LogP contribution in [0.1, 0.15) is 31.1 Å². The van der Waals surface area contributed by atoms with Gasteiger partial charge in [0, 0.05) is 23.2 Å². The van der Waals surface area contributed by atoms with Gasteiger partial charge in [-0.2, -0.15) is 4.31 Å². The Kier molecular flexibility index (Phi) is 7.41. The summed E-state index contributed by atoms with van der Waals surface area (Å²) in [5.74, 6) is -0.0684. The van der Waals surface area contributed by atoms with Gasteiger partial charge in [-0.1, -0.05) is 26.0 Å². The van der Waals surface area contributed by atoms with Crippen molar-refractivity contribution < 1.29 is 17.9 Å². The minimum absolute atomic E-state index is 0.0398. The van der Waals surface area contributed by atoms with E-state index in [9.17, 15) is 13.2 Å². The number of rotatable bonds is 8. The highest BCUT2D eigenvalue weighted by molar-refractivity contribution is 9.10. The Morgan fingerprint density at radius 1 is 1.11 bits per heavy atom. The second-order valence-electron chi connectivity index (χ2n) is 5.62. The Balaban J connectivity index is 2.43. The smallest absolute Gasteiger partial charge is 0.256 e. The predicted molar refractivity (Wildman–Crippen MR) is 110 cm³/mol. The lowest BCUT2D eigenvalue weighted by molar-refractivity contribution is 0.102. The van der Waals surface area contributed by atoms with E-state index < -0.39 is 10.0 Å². The van der Waals surface area contributed by atoms with Gasteiger partial charge < -0.3 is 10.1 Å². The van der Waals surface area contributed by atoms with Crippen LogP contribution in [0.3, 0.4) is 0 Å². The monoisotopic (exact) mass is 454 g/mol. The first-order valence-corrected chi connectivity index (χ1v) is 10.9. The maximum Gasteiger partial charge on any atom is 0.256 e. The molecule has 0 atom stereocenters. The molecule has 0 aliphatic heterocycles. The molecular formula is C19H23BrN2O4S. The molecule has 146 valence electrons. The minimum Gasteiger partial charge on any atom is -0.492 e. The lowest BCUT2D eigenvalue weighted by Gasteiger charge is -2.21. The number of carbonyl (C=O) groups excluding carboxylic acids is 1. The molecule has 2 aromatic rings. The fourth-order valence-electron chi connectivity index (χ4n) is 2.61. The quantitative estimate of drug-likeness (QED) is 0.650. The molecule has 6 nitrogen and oxygen atoms in total. The highest BCUT2D eigenvalue weighted by Crippen LogP contribution is 2.30. The number of carbonyl (C=O) groups is 1. The fraction of sp³-hybridized carbons (Fsp3) is 0.316. The maximum atomic E-state index is 13.0. The van der Waals surface area contributed by atoms with Crippen molar-refractivity contribution in [2.24, 2.45) is 0 Å². The molecule has 0 saturated heterocycles. The van der Waals surface area contributed by atoms with Gasteiger partial charge in [-0.05, 0) is 53.2 Å². The van der Waals surface area contributed by atoms with E-state index >= 15 is 0 Å². The van der Waals surface area contributed by atoms with Crippen molar-refractivity contribution in [1.82, 2.24) is 4.31 Å². The van der Waals surface area contributed by atoms with Gasteiger partial charge in [-0.25, -0.2) is 8.42 Å². The van der Waals surface area contributed by atoms with Gasteiger partial charge >= 0.3 is 0 Å². The third kappa shape index (κ3) is 4.88. The average molecular weight is 455 g/mol. The summed E-state index contributed by atoms with van der Waals surface area (Å²) in [4.78, 5) is 12.6. The first kappa shape index (κ1) is 21.4. The molecule has 0 heterocycles. The van der Waals surface area contributed by atoms with Crippen molar-refractivity contribution >= 4 is 37.5 Å². The highest BCUT2D eigenvalue weighted by atomic mass is 79.9. The summed E-state index contributed by atoms with van der Waals surface area (Å²) in [6, 6.07) is 11.6. The zero-order chi connectivity index (χ0) is 20.0. The molecular weight excluding hydrogens is 432 g/mol. The minimum atomic E-state index is -3.74. The van der Waals surface area contributed by atoms with Gasteiger partial charge in [-0.3, -0.25) is 4.79 Å². The van der Waals surface area contributed by atoms with E-state index in [0.717, 1.165) is 0 Å². The standard InChI is InChI=1S/C19H23BrN2O4S/c1-4-22(5-2)27(24,25)18-13-14(11-12-17(18)26-6-3)21-19(23)15-9-7-8-10-16(15)20/h7-13H,4-6H2,1-3H3,(H,21,23). The Labute approximate surface area is 168 Å². The van der Waals surface area contributed by atoms with Crippen LogP contribution in [0.15, 0.2) is 51.8 Å². The first-order chi connectivity index (χ1) is 12.8. The number of nitrogens with zero attached hydrogens (tertiary/aromatic N) is 1. The number of ether oxygens (including phenoxy) is 1. The van der Waals surface area contributed by atoms with Crippen LogP contribution in [-0.2, 0) is 10.0 Å². The predicted octanol–water partition coefficient (Wildman–Crippen LogP) is 4.13. The molecule has 0 aromatic heterocycles. The number of sulfonamides is 1. The van der Waals surface area contributed by atoms with Crippen LogP contribution in [0.2, 0.25) is 0 Å². The number of amides is 1. The highest BCUT2D eigenvalue weighted by Gasteiger charge is 2.26. The Bertz CT molecular complexity index is 912. The van der Waals surface area contributed by atoms with Crippen molar-refractivity contribution in [3.63, 3.8) is 0 Å². The molecule has 0 aliphatic carbocycles. The van der Waals surface area contributed by atoms with Crippen molar-refractivity contribution in [2.45, 2.75) is 25.7 Å². The van der Waals surface area contributed by atoms with Crippen LogP contribution in [-0.4, -0.2) is 38.3 Å². The number of anilines is 1. The number of hydrogen-bond acceptors (Lipinski definition) is 4. The lowest BCUT2D eigenvalue weighted by Crippen LogP contribution is -2.31. The van der Waals surface area contributed by atoms with E-state index in [-0.39, 0.29) is 16.6 Å². The third-order valence-electron chi connectivity index (χ3n) is 3.94. The van der Waals surface area contributed by atoms with Crippen molar-refractivity contribution in [2.75, 3.05) is 25.0 Å². The third-order valence-corrected chi connectivity index (χ3v) is 6.71. The van der Waals surface area contributed by atoms with Crippen LogP contribution in [0.4, 0.5) is 5.69 Å². The summed E-state index contributed by atoms with van der Waals surface area (Å²) in [7, 11) is -3.74. The normalized spacial score (nSPS) is 11.4. The molecule has 27 heavy (non-hydrogen) atoms. The van der Waals surface area contributed by atoms with E-state index in [2.05, 4.69) is 21.2 Å². The molecule has 1 N–H and O–H groups in total. The van der Waals surface area contributed by atoms with E-state index in [0.29, 0.717) is 35.4 Å². The lowest BCUT2D eigenvalue weighted by atomic mass is 10.2. The van der Waals surface area contributed by atoms with Crippen LogP contribution in [0.25, 0.3) is 0 Å². The van der Waals surface area contributed by atoms with Gasteiger partial charge in [-0.15, -0.1) is 0 Å². The molecule has 0 aliphatic rings. The Hall–Kier alpha value is -1.90. The van der Waals surface area contributed by atoms with Gasteiger partial charge in [0.05, 0.1) is 12.2 Å². The number of hydrogen-bond donors (Lipinski definition) is 1. The zero-order valence-corrected chi connectivity index (χ0v) is 17.9. The molecule has 0 bridgehead atoms. The number of halogens is 1. The van der Waals surface area contributed by atoms with E-state index in [4.69, 9.17) is 4.74 Å². The molecule has 0 spiro atoms. The second-order valence-corrected chi connectivity index (χ2v) is 8.38. The van der Waals surface area contributed by atoms with Crippen LogP contribution >= 0.6 is 15.9 Å². The molecule has 1 amide bonds. The molecule has 0 unspecified atom stereocenters. The maximum absolute atomic E-state index is 13.0. The Morgan fingerprint density at radius 3 is 2.37 bits per heavy atom. The van der Waals surface area contributed by atoms with E-state index in [1.54, 1.807) is 51.1 Å². The molecule has 8 heteroatoms. The van der Waals surface area contributed by atoms with E-state index in [1.165, 1.54) is 10.4 Å². The van der Waals surface area contributed by atoms with Crippen molar-refractivity contribution in [3.8, 4) is 5.75 Å². The summed E-state index contributed by atoms with van der Waals surface area (Å²) in [5, 5.41) is 2.75. The van der Waals surface area contributed by atoms with Gasteiger partial charge in [0.2, 0.25) is 10.0 Å². The zero-order valence-electron chi connectivity index (χ0n) is 15.5. The summed E-state index contributed by atoms with van der Waals surface area (Å²) >= 11 is 3.34. The molecule has 0 saturated carbocycles. The molecule has 2 aromatic carbocycles. The number of nitrogens with one attached hydrogen (secondary N) is 1. The SMILES string of the molecule is CCOc1ccc(NC(=O)c2ccccc2Br)cc1S(=O)(=O)N(CC)CC. The second kappa shape index (κ2) is 9.34. The largest absolute Gasteiger partial charge is 0.492 e. The van der Waals surface area contributed by atoms with Gasteiger partial charge in [0.25, 0.3) is 5.91 Å². The van der Waals surface area contributed by atoms with Gasteiger partial charge in [0.15, 0.2) is 0 Å². The summed E-state index contributed by atoms with van der Waals surface area (Å²) in [6.45, 7) is 6.37. The van der Waals surface area contributed by atoms with Crippen LogP contribution in [0, 0.1) is 0 Å². The summed E-state index contributed by atoms with van der Waals surface area (Å²) in [6.07, 6.45) is 0. The van der Waals surface area contributed by atoms with Crippen molar-refractivity contribution in [3.05, 3.63) is 52.5 Å². The molecule has 0 radical (unpaired) electrons. The van der Waals surface area contributed by atoms with Crippen LogP contribution in [0.5, 0.6) is 5.75 Å². The van der Waals surface area contributed by atoms with Crippen LogP contribution < -0.4 is 10.1 Å². The Morgan fingerprint density at radius 2 is 1.78 bits per heavy atom. The molecule has 0 fully saturated rings. The van der Waals surface area contributed by atoms with Gasteiger partial charge in [0.1, 0.15) is 10.6 Å². The fourth-order valence-corrected chi connectivity index (χ4v) is 4.69. The molecule has 2 rings (SSSR count). The van der Waals surface area contributed by atoms with E-state index in [1.807, 2.05) is 6.07 Å². The topological polar surface area (TPSA) is 75.7 Å². The number of benzene rings is 2. The van der Waals surface area contributed by atoms with Crippen molar-refractivity contribution in [1.29, 1.82) is 0 Å². The summed E-state index contributed by atoms with van der Waals surface area (Å²) < 4.78 is 33.5.